The number of aryl methyl sites for hydroxylation is 2. The molecule has 3 rings (SSSR count). The van der Waals surface area contributed by atoms with E-state index in [0.717, 1.165) is 18.4 Å². The first kappa shape index (κ1) is 17.9. The van der Waals surface area contributed by atoms with Gasteiger partial charge in [-0.2, -0.15) is 0 Å². The Morgan fingerprint density at radius 3 is 2.69 bits per heavy atom. The summed E-state index contributed by atoms with van der Waals surface area (Å²) in [6, 6.07) is 12.2. The van der Waals surface area contributed by atoms with Crippen LogP contribution in [0.3, 0.4) is 0 Å². The smallest absolute Gasteiger partial charge is 0.315 e. The van der Waals surface area contributed by atoms with Crippen molar-refractivity contribution >= 4 is 11.9 Å². The summed E-state index contributed by atoms with van der Waals surface area (Å²) in [5.41, 5.74) is 3.20. The number of amides is 3. The van der Waals surface area contributed by atoms with Gasteiger partial charge in [0.25, 0.3) is 5.91 Å². The summed E-state index contributed by atoms with van der Waals surface area (Å²) in [6.07, 6.45) is 1.85. The molecule has 0 saturated heterocycles. The average Bonchev–Trinajstić information content (AvgIpc) is 3.04. The lowest BCUT2D eigenvalue weighted by molar-refractivity contribution is 0.0953. The van der Waals surface area contributed by atoms with E-state index in [2.05, 4.69) is 22.0 Å². The number of rotatable bonds is 5. The molecular formula is C20H22FN3O2. The van der Waals surface area contributed by atoms with Crippen LogP contribution in [0.15, 0.2) is 42.5 Å². The molecule has 0 fully saturated rings. The Labute approximate surface area is 152 Å². The third-order valence-corrected chi connectivity index (χ3v) is 4.57. The van der Waals surface area contributed by atoms with Crippen molar-refractivity contribution in [3.63, 3.8) is 0 Å². The number of halogens is 1. The van der Waals surface area contributed by atoms with E-state index >= 15 is 0 Å². The molecule has 0 heterocycles. The molecule has 0 saturated carbocycles. The Morgan fingerprint density at radius 1 is 1.12 bits per heavy atom. The second-order valence-electron chi connectivity index (χ2n) is 6.41. The maximum absolute atomic E-state index is 13.5. The highest BCUT2D eigenvalue weighted by molar-refractivity contribution is 5.94. The van der Waals surface area contributed by atoms with Crippen LogP contribution in [-0.4, -0.2) is 25.0 Å². The zero-order chi connectivity index (χ0) is 18.5. The number of carbonyl (C=O) groups is 2. The molecule has 1 aliphatic carbocycles. The number of fused-ring (bicyclic) bond motifs is 1. The van der Waals surface area contributed by atoms with Crippen molar-refractivity contribution in [2.45, 2.75) is 25.8 Å². The van der Waals surface area contributed by atoms with Crippen molar-refractivity contribution in [1.29, 1.82) is 0 Å². The number of carbonyl (C=O) groups excluding carboxylic acids is 2. The third kappa shape index (κ3) is 4.20. The fourth-order valence-corrected chi connectivity index (χ4v) is 3.10. The molecule has 3 amide bonds. The van der Waals surface area contributed by atoms with Crippen molar-refractivity contribution in [2.24, 2.45) is 0 Å². The number of urea groups is 1. The highest BCUT2D eigenvalue weighted by Crippen LogP contribution is 2.30. The van der Waals surface area contributed by atoms with E-state index < -0.39 is 5.82 Å². The van der Waals surface area contributed by atoms with Gasteiger partial charge in [-0.1, -0.05) is 30.3 Å². The van der Waals surface area contributed by atoms with Gasteiger partial charge in [0.05, 0.1) is 6.04 Å². The lowest BCUT2D eigenvalue weighted by atomic mass is 10.1. The van der Waals surface area contributed by atoms with Crippen molar-refractivity contribution in [1.82, 2.24) is 16.0 Å². The van der Waals surface area contributed by atoms with Gasteiger partial charge >= 0.3 is 6.03 Å². The largest absolute Gasteiger partial charge is 0.350 e. The summed E-state index contributed by atoms with van der Waals surface area (Å²) in [5.74, 6) is -0.775. The van der Waals surface area contributed by atoms with E-state index in [1.807, 2.05) is 18.2 Å². The van der Waals surface area contributed by atoms with Crippen LogP contribution in [0.25, 0.3) is 0 Å². The highest BCUT2D eigenvalue weighted by atomic mass is 19.1. The van der Waals surface area contributed by atoms with E-state index in [-0.39, 0.29) is 30.1 Å². The lowest BCUT2D eigenvalue weighted by Crippen LogP contribution is -2.41. The molecule has 0 aliphatic heterocycles. The normalized spacial score (nSPS) is 15.2. The molecule has 5 nitrogen and oxygen atoms in total. The van der Waals surface area contributed by atoms with E-state index in [4.69, 9.17) is 0 Å². The molecule has 0 spiro atoms. The molecule has 2 aromatic carbocycles. The summed E-state index contributed by atoms with van der Waals surface area (Å²) in [7, 11) is 0. The average molecular weight is 355 g/mol. The molecule has 0 bridgehead atoms. The first-order chi connectivity index (χ1) is 12.5. The van der Waals surface area contributed by atoms with Gasteiger partial charge in [-0.15, -0.1) is 0 Å². The molecule has 1 unspecified atom stereocenters. The van der Waals surface area contributed by atoms with E-state index in [9.17, 15) is 14.0 Å². The fourth-order valence-electron chi connectivity index (χ4n) is 3.10. The van der Waals surface area contributed by atoms with Crippen LogP contribution < -0.4 is 16.0 Å². The second kappa shape index (κ2) is 7.99. The molecule has 1 aliphatic rings. The van der Waals surface area contributed by atoms with Gasteiger partial charge in [0, 0.05) is 18.7 Å². The number of benzene rings is 2. The zero-order valence-corrected chi connectivity index (χ0v) is 14.6. The Hall–Kier alpha value is -2.89. The van der Waals surface area contributed by atoms with Crippen molar-refractivity contribution < 1.29 is 14.0 Å². The molecular weight excluding hydrogens is 333 g/mol. The molecule has 0 aromatic heterocycles. The number of nitrogens with one attached hydrogen (secondary N) is 3. The third-order valence-electron chi connectivity index (χ3n) is 4.57. The number of hydrogen-bond donors (Lipinski definition) is 3. The quantitative estimate of drug-likeness (QED) is 0.722. The Kier molecular flexibility index (Phi) is 5.51. The van der Waals surface area contributed by atoms with Crippen LogP contribution in [0.4, 0.5) is 9.18 Å². The summed E-state index contributed by atoms with van der Waals surface area (Å²) in [6.45, 7) is 2.20. The molecule has 0 radical (unpaired) electrons. The topological polar surface area (TPSA) is 70.2 Å². The van der Waals surface area contributed by atoms with Gasteiger partial charge < -0.3 is 16.0 Å². The highest BCUT2D eigenvalue weighted by Gasteiger charge is 2.23. The summed E-state index contributed by atoms with van der Waals surface area (Å²) >= 11 is 0. The lowest BCUT2D eigenvalue weighted by Gasteiger charge is -2.15. The van der Waals surface area contributed by atoms with Gasteiger partial charge in [0.1, 0.15) is 5.82 Å². The van der Waals surface area contributed by atoms with Crippen LogP contribution >= 0.6 is 0 Å². The van der Waals surface area contributed by atoms with Crippen molar-refractivity contribution in [3.05, 3.63) is 70.5 Å². The monoisotopic (exact) mass is 355 g/mol. The summed E-state index contributed by atoms with van der Waals surface area (Å²) in [4.78, 5) is 24.0. The SMILES string of the molecule is Cc1ccc(C(=O)NCCNC(=O)NC2CCc3ccccc32)cc1F. The van der Waals surface area contributed by atoms with E-state index in [0.29, 0.717) is 12.1 Å². The first-order valence-electron chi connectivity index (χ1n) is 8.71. The predicted molar refractivity (Wildman–Crippen MR) is 97.5 cm³/mol. The van der Waals surface area contributed by atoms with Gasteiger partial charge in [0.2, 0.25) is 0 Å². The summed E-state index contributed by atoms with van der Waals surface area (Å²) < 4.78 is 13.5. The van der Waals surface area contributed by atoms with Crippen LogP contribution in [0.5, 0.6) is 0 Å². The Balaban J connectivity index is 1.40. The van der Waals surface area contributed by atoms with Gasteiger partial charge in [-0.25, -0.2) is 9.18 Å². The molecule has 2 aromatic rings. The van der Waals surface area contributed by atoms with Crippen LogP contribution in [0.2, 0.25) is 0 Å². The van der Waals surface area contributed by atoms with E-state index in [1.54, 1.807) is 19.1 Å². The predicted octanol–water partition coefficient (Wildman–Crippen LogP) is 2.85. The standard InChI is InChI=1S/C20H22FN3O2/c1-13-6-7-15(12-17(13)21)19(25)22-10-11-23-20(26)24-18-9-8-14-4-2-3-5-16(14)18/h2-7,12,18H,8-11H2,1H3,(H,22,25)(H2,23,24,26). The minimum atomic E-state index is -0.410. The van der Waals surface area contributed by atoms with Crippen LogP contribution in [-0.2, 0) is 6.42 Å². The maximum Gasteiger partial charge on any atom is 0.315 e. The molecule has 136 valence electrons. The Morgan fingerprint density at radius 2 is 1.88 bits per heavy atom. The molecule has 1 atom stereocenters. The fraction of sp³-hybridized carbons (Fsp3) is 0.300. The van der Waals surface area contributed by atoms with Gasteiger partial charge in [-0.05, 0) is 48.6 Å². The molecule has 3 N–H and O–H groups in total. The van der Waals surface area contributed by atoms with Crippen LogP contribution in [0, 0.1) is 12.7 Å². The summed E-state index contributed by atoms with van der Waals surface area (Å²) in [5, 5.41) is 8.35. The van der Waals surface area contributed by atoms with Crippen molar-refractivity contribution in [3.8, 4) is 0 Å². The molecule has 26 heavy (non-hydrogen) atoms. The number of hydrogen-bond acceptors (Lipinski definition) is 2. The zero-order valence-electron chi connectivity index (χ0n) is 14.6. The van der Waals surface area contributed by atoms with E-state index in [1.165, 1.54) is 11.6 Å². The van der Waals surface area contributed by atoms with Gasteiger partial charge in [-0.3, -0.25) is 4.79 Å². The Bertz CT molecular complexity index is 822. The first-order valence-corrected chi connectivity index (χ1v) is 8.71. The van der Waals surface area contributed by atoms with Gasteiger partial charge in [0.15, 0.2) is 0 Å². The second-order valence-corrected chi connectivity index (χ2v) is 6.41. The maximum atomic E-state index is 13.5. The minimum Gasteiger partial charge on any atom is -0.350 e. The van der Waals surface area contributed by atoms with Crippen LogP contribution in [0.1, 0.15) is 39.5 Å². The minimum absolute atomic E-state index is 0.0244. The van der Waals surface area contributed by atoms with Crippen molar-refractivity contribution in [2.75, 3.05) is 13.1 Å². The molecule has 6 heteroatoms.